The van der Waals surface area contributed by atoms with Crippen LogP contribution < -0.4 is 4.74 Å². The van der Waals surface area contributed by atoms with E-state index in [9.17, 15) is 17.8 Å². The maximum atomic E-state index is 11.7. The largest absolute Gasteiger partial charge is 0.421 e. The second-order valence-corrected chi connectivity index (χ2v) is 6.97. The first-order valence-electron chi connectivity index (χ1n) is 7.35. The molecule has 0 spiro atoms. The standard InChI is InChI=1S/C17H9N3O5S/c18-20-19-17(21)25-13-7-3-9-1-2-10-4-8-14(26(22,23)24)12-6-5-11(13)15(9)16(10)12/h1-8H,(H,22,23,24). The van der Waals surface area contributed by atoms with Gasteiger partial charge in [-0.1, -0.05) is 30.3 Å². The van der Waals surface area contributed by atoms with Gasteiger partial charge >= 0.3 is 6.09 Å². The molecule has 9 heteroatoms. The van der Waals surface area contributed by atoms with Gasteiger partial charge in [0.05, 0.1) is 0 Å². The molecule has 0 aliphatic rings. The summed E-state index contributed by atoms with van der Waals surface area (Å²) in [6.45, 7) is 0. The van der Waals surface area contributed by atoms with E-state index in [4.69, 9.17) is 10.3 Å². The van der Waals surface area contributed by atoms with Gasteiger partial charge in [0.15, 0.2) is 0 Å². The number of nitrogens with zero attached hydrogens (tertiary/aromatic N) is 3. The van der Waals surface area contributed by atoms with Crippen LogP contribution in [0.5, 0.6) is 5.75 Å². The van der Waals surface area contributed by atoms with E-state index in [1.165, 1.54) is 12.1 Å². The highest BCUT2D eigenvalue weighted by molar-refractivity contribution is 7.86. The molecule has 0 atom stereocenters. The molecule has 26 heavy (non-hydrogen) atoms. The molecule has 0 aromatic heterocycles. The minimum Gasteiger partial charge on any atom is -0.421 e. The van der Waals surface area contributed by atoms with Crippen LogP contribution in [-0.2, 0) is 10.1 Å². The van der Waals surface area contributed by atoms with Crippen molar-refractivity contribution in [3.63, 3.8) is 0 Å². The molecule has 8 nitrogen and oxygen atoms in total. The summed E-state index contributed by atoms with van der Waals surface area (Å²) in [6.07, 6.45) is -1.10. The lowest BCUT2D eigenvalue weighted by atomic mass is 9.94. The molecular weight excluding hydrogens is 358 g/mol. The fourth-order valence-corrected chi connectivity index (χ4v) is 3.90. The molecule has 128 valence electrons. The number of hydrogen-bond donors (Lipinski definition) is 1. The second kappa shape index (κ2) is 5.57. The minimum atomic E-state index is -4.40. The molecular formula is C17H9N3O5S. The van der Waals surface area contributed by atoms with E-state index in [0.717, 1.165) is 10.8 Å². The van der Waals surface area contributed by atoms with Crippen molar-refractivity contribution in [2.24, 2.45) is 5.11 Å². The predicted molar refractivity (Wildman–Crippen MR) is 95.1 cm³/mol. The van der Waals surface area contributed by atoms with Gasteiger partial charge in [0.1, 0.15) is 10.6 Å². The van der Waals surface area contributed by atoms with Gasteiger partial charge in [0.25, 0.3) is 10.1 Å². The molecule has 0 fully saturated rings. The lowest BCUT2D eigenvalue weighted by Gasteiger charge is -2.14. The molecule has 1 N–H and O–H groups in total. The SMILES string of the molecule is [N-]=[N+]=NC(=O)Oc1ccc2ccc3ccc(S(=O)(=O)O)c4ccc1c2c34. The van der Waals surface area contributed by atoms with Crippen molar-refractivity contribution in [2.45, 2.75) is 4.90 Å². The zero-order valence-corrected chi connectivity index (χ0v) is 13.8. The first-order valence-corrected chi connectivity index (χ1v) is 8.79. The highest BCUT2D eigenvalue weighted by Crippen LogP contribution is 2.40. The number of carbonyl (C=O) groups excluding carboxylic acids is 1. The molecule has 0 saturated heterocycles. The van der Waals surface area contributed by atoms with E-state index < -0.39 is 16.2 Å². The molecule has 1 amide bonds. The van der Waals surface area contributed by atoms with Gasteiger partial charge in [0.2, 0.25) is 0 Å². The van der Waals surface area contributed by atoms with Gasteiger partial charge in [-0.3, -0.25) is 4.55 Å². The van der Waals surface area contributed by atoms with Crippen molar-refractivity contribution >= 4 is 48.5 Å². The fourth-order valence-electron chi connectivity index (χ4n) is 3.21. The smallest absolute Gasteiger partial charge is 0.402 e. The van der Waals surface area contributed by atoms with Crippen molar-refractivity contribution in [1.29, 1.82) is 0 Å². The average molecular weight is 367 g/mol. The summed E-state index contributed by atoms with van der Waals surface area (Å²) in [5.41, 5.74) is 8.33. The average Bonchev–Trinajstić information content (AvgIpc) is 2.60. The van der Waals surface area contributed by atoms with E-state index in [0.29, 0.717) is 21.5 Å². The molecule has 0 saturated carbocycles. The molecule has 0 aliphatic heterocycles. The monoisotopic (exact) mass is 367 g/mol. The Morgan fingerprint density at radius 2 is 1.54 bits per heavy atom. The summed E-state index contributed by atoms with van der Waals surface area (Å²) in [4.78, 5) is 13.7. The number of benzene rings is 4. The Morgan fingerprint density at radius 3 is 2.19 bits per heavy atom. The summed E-state index contributed by atoms with van der Waals surface area (Å²) in [6, 6.07) is 13.0. The topological polar surface area (TPSA) is 129 Å². The van der Waals surface area contributed by atoms with E-state index in [-0.39, 0.29) is 10.6 Å². The number of hydrogen-bond acceptors (Lipinski definition) is 4. The van der Waals surface area contributed by atoms with Crippen LogP contribution in [0.4, 0.5) is 4.79 Å². The number of azide groups is 1. The lowest BCUT2D eigenvalue weighted by molar-refractivity contribution is 0.211. The first-order chi connectivity index (χ1) is 12.4. The molecule has 0 heterocycles. The molecule has 0 unspecified atom stereocenters. The Labute approximate surface area is 146 Å². The van der Waals surface area contributed by atoms with E-state index in [2.05, 4.69) is 10.0 Å². The van der Waals surface area contributed by atoms with E-state index in [1.807, 2.05) is 12.1 Å². The molecule has 0 radical (unpaired) electrons. The van der Waals surface area contributed by atoms with Crippen molar-refractivity contribution in [1.82, 2.24) is 0 Å². The molecule has 4 aromatic carbocycles. The van der Waals surface area contributed by atoms with Crippen LogP contribution in [0.3, 0.4) is 0 Å². The number of ether oxygens (including phenoxy) is 1. The number of rotatable bonds is 2. The van der Waals surface area contributed by atoms with Gasteiger partial charge in [-0.2, -0.15) is 8.42 Å². The summed E-state index contributed by atoms with van der Waals surface area (Å²) >= 11 is 0. The van der Waals surface area contributed by atoms with E-state index >= 15 is 0 Å². The summed E-state index contributed by atoms with van der Waals surface area (Å²) in [5, 5.41) is 6.66. The maximum Gasteiger partial charge on any atom is 0.402 e. The third-order valence-corrected chi connectivity index (χ3v) is 5.10. The quantitative estimate of drug-likeness (QED) is 0.181. The van der Waals surface area contributed by atoms with Gasteiger partial charge < -0.3 is 4.74 Å². The number of amides is 1. The predicted octanol–water partition coefficient (Wildman–Crippen LogP) is 4.64. The zero-order chi connectivity index (χ0) is 18.5. The Bertz CT molecular complexity index is 1360. The summed E-state index contributed by atoms with van der Waals surface area (Å²) in [5.74, 6) is 0.182. The van der Waals surface area contributed by atoms with E-state index in [1.54, 1.807) is 24.3 Å². The van der Waals surface area contributed by atoms with Gasteiger partial charge in [-0.25, -0.2) is 4.79 Å². The minimum absolute atomic E-state index is 0.182. The number of carbonyl (C=O) groups is 1. The van der Waals surface area contributed by atoms with Gasteiger partial charge in [-0.05, 0) is 39.9 Å². The van der Waals surface area contributed by atoms with Crippen LogP contribution in [0.2, 0.25) is 0 Å². The maximum absolute atomic E-state index is 11.7. The van der Waals surface area contributed by atoms with Crippen molar-refractivity contribution in [3.05, 3.63) is 59.0 Å². The van der Waals surface area contributed by atoms with Crippen LogP contribution in [0.25, 0.3) is 42.8 Å². The van der Waals surface area contributed by atoms with Gasteiger partial charge in [0, 0.05) is 26.2 Å². The normalized spacial score (nSPS) is 11.7. The van der Waals surface area contributed by atoms with Crippen LogP contribution in [0.1, 0.15) is 0 Å². The molecule has 4 aromatic rings. The Hall–Kier alpha value is -3.39. The third kappa shape index (κ3) is 2.39. The first kappa shape index (κ1) is 16.1. The van der Waals surface area contributed by atoms with Crippen LogP contribution >= 0.6 is 0 Å². The summed E-state index contributed by atoms with van der Waals surface area (Å²) < 4.78 is 38.0. The highest BCUT2D eigenvalue weighted by atomic mass is 32.2. The molecule has 0 aliphatic carbocycles. The van der Waals surface area contributed by atoms with Gasteiger partial charge in [-0.15, -0.1) is 0 Å². The third-order valence-electron chi connectivity index (χ3n) is 4.19. The van der Waals surface area contributed by atoms with Crippen molar-refractivity contribution < 1.29 is 22.5 Å². The second-order valence-electron chi connectivity index (χ2n) is 5.58. The van der Waals surface area contributed by atoms with Crippen LogP contribution in [-0.4, -0.2) is 19.1 Å². The Kier molecular flexibility index (Phi) is 3.45. The fraction of sp³-hybridized carbons (Fsp3) is 0. The molecule has 4 rings (SSSR count). The highest BCUT2D eigenvalue weighted by Gasteiger charge is 2.19. The van der Waals surface area contributed by atoms with Crippen LogP contribution in [0, 0.1) is 0 Å². The summed E-state index contributed by atoms with van der Waals surface area (Å²) in [7, 11) is -4.40. The Balaban J connectivity index is 2.13. The van der Waals surface area contributed by atoms with Crippen molar-refractivity contribution in [2.75, 3.05) is 0 Å². The van der Waals surface area contributed by atoms with Crippen molar-refractivity contribution in [3.8, 4) is 5.75 Å². The van der Waals surface area contributed by atoms with Crippen LogP contribution in [0.15, 0.2) is 58.5 Å². The zero-order valence-electron chi connectivity index (χ0n) is 12.9. The Morgan fingerprint density at radius 1 is 0.962 bits per heavy atom. The molecule has 0 bridgehead atoms. The lowest BCUT2D eigenvalue weighted by Crippen LogP contribution is -2.02.